The summed E-state index contributed by atoms with van der Waals surface area (Å²) in [5.41, 5.74) is 5.29. The van der Waals surface area contributed by atoms with Gasteiger partial charge in [0, 0.05) is 11.4 Å². The van der Waals surface area contributed by atoms with Crippen LogP contribution < -0.4 is 10.6 Å². The lowest BCUT2D eigenvalue weighted by atomic mass is 10.1. The number of hydrogen-bond acceptors (Lipinski definition) is 5. The summed E-state index contributed by atoms with van der Waals surface area (Å²) < 4.78 is 0. The molecule has 0 saturated heterocycles. The molecule has 6 aromatic rings. The number of hydrogen-bond donors (Lipinski definition) is 2. The van der Waals surface area contributed by atoms with Crippen molar-refractivity contribution < 1.29 is 0 Å². The van der Waals surface area contributed by atoms with E-state index in [9.17, 15) is 0 Å². The minimum absolute atomic E-state index is 0.524. The van der Waals surface area contributed by atoms with Crippen molar-refractivity contribution in [2.45, 2.75) is 0 Å². The predicted molar refractivity (Wildman–Crippen MR) is 150 cm³/mol. The molecule has 6 rings (SSSR count). The van der Waals surface area contributed by atoms with Crippen molar-refractivity contribution in [2.75, 3.05) is 10.6 Å². The lowest BCUT2D eigenvalue weighted by Crippen LogP contribution is -2.19. The van der Waals surface area contributed by atoms with Crippen LogP contribution in [-0.4, -0.2) is 15.1 Å². The summed E-state index contributed by atoms with van der Waals surface area (Å²) in [7, 11) is 0. The van der Waals surface area contributed by atoms with Gasteiger partial charge in [0.25, 0.3) is 0 Å². The number of thiophene rings is 2. The Hall–Kier alpha value is -3.65. The normalized spacial score (nSPS) is 11.1. The van der Waals surface area contributed by atoms with Crippen LogP contribution in [0.3, 0.4) is 0 Å². The maximum atomic E-state index is 5.57. The van der Waals surface area contributed by atoms with Gasteiger partial charge in [0.1, 0.15) is 11.4 Å². The average molecular weight is 495 g/mol. The van der Waals surface area contributed by atoms with E-state index >= 15 is 0 Å². The molecule has 0 fully saturated rings. The van der Waals surface area contributed by atoms with Crippen molar-refractivity contribution in [2.24, 2.45) is 0 Å². The smallest absolute Gasteiger partial charge is 0.175 e. The Morgan fingerprint density at radius 3 is 1.91 bits per heavy atom. The van der Waals surface area contributed by atoms with Gasteiger partial charge in [0.05, 0.1) is 20.8 Å². The summed E-state index contributed by atoms with van der Waals surface area (Å²) in [6.07, 6.45) is 0. The Kier molecular flexibility index (Phi) is 5.50. The van der Waals surface area contributed by atoms with E-state index in [4.69, 9.17) is 22.2 Å². The van der Waals surface area contributed by atoms with Gasteiger partial charge in [-0.15, -0.1) is 22.7 Å². The molecule has 0 aliphatic rings. The second kappa shape index (κ2) is 8.95. The molecule has 7 heteroatoms. The highest BCUT2D eigenvalue weighted by Crippen LogP contribution is 2.35. The SMILES string of the molecule is S=C(Nc1ccc2ccccc2c1)Nc1ccc2nc(-c3cccs3)c(-c3cccs3)nc2c1. The zero-order valence-electron chi connectivity index (χ0n) is 17.9. The number of anilines is 2. The standard InChI is InChI=1S/C27H18N4S3/c32-27(28-19-10-9-17-5-1-2-6-18(17)15-19)29-20-11-12-21-22(16-20)31-26(24-8-4-14-34-24)25(30-21)23-7-3-13-33-23/h1-16H,(H2,28,29,32). The third-order valence-corrected chi connectivity index (χ3v) is 7.40. The molecule has 2 N–H and O–H groups in total. The van der Waals surface area contributed by atoms with Gasteiger partial charge < -0.3 is 10.6 Å². The molecule has 4 nitrogen and oxygen atoms in total. The molecule has 164 valence electrons. The minimum Gasteiger partial charge on any atom is -0.332 e. The van der Waals surface area contributed by atoms with E-state index in [-0.39, 0.29) is 0 Å². The van der Waals surface area contributed by atoms with Gasteiger partial charge in [-0.3, -0.25) is 0 Å². The van der Waals surface area contributed by atoms with Crippen molar-refractivity contribution in [3.8, 4) is 21.1 Å². The molecule has 0 amide bonds. The first-order valence-electron chi connectivity index (χ1n) is 10.7. The Morgan fingerprint density at radius 1 is 0.618 bits per heavy atom. The van der Waals surface area contributed by atoms with Crippen molar-refractivity contribution in [1.82, 2.24) is 9.97 Å². The molecule has 0 radical (unpaired) electrons. The van der Waals surface area contributed by atoms with Crippen LogP contribution in [-0.2, 0) is 0 Å². The van der Waals surface area contributed by atoms with E-state index in [2.05, 4.69) is 57.8 Å². The first-order valence-corrected chi connectivity index (χ1v) is 12.9. The van der Waals surface area contributed by atoms with E-state index in [1.807, 2.05) is 48.5 Å². The average Bonchev–Trinajstić information content (AvgIpc) is 3.58. The Balaban J connectivity index is 1.30. The topological polar surface area (TPSA) is 49.8 Å². The van der Waals surface area contributed by atoms with E-state index in [0.717, 1.165) is 43.6 Å². The molecule has 0 bridgehead atoms. The third-order valence-electron chi connectivity index (χ3n) is 5.44. The first kappa shape index (κ1) is 20.9. The van der Waals surface area contributed by atoms with Crippen LogP contribution >= 0.6 is 34.9 Å². The Morgan fingerprint density at radius 2 is 1.24 bits per heavy atom. The van der Waals surface area contributed by atoms with Gasteiger partial charge in [-0.1, -0.05) is 42.5 Å². The largest absolute Gasteiger partial charge is 0.332 e. The van der Waals surface area contributed by atoms with Gasteiger partial charge in [-0.2, -0.15) is 0 Å². The molecule has 0 unspecified atom stereocenters. The Bertz CT molecular complexity index is 1620. The van der Waals surface area contributed by atoms with Gasteiger partial charge in [-0.25, -0.2) is 9.97 Å². The minimum atomic E-state index is 0.524. The summed E-state index contributed by atoms with van der Waals surface area (Å²) in [6.45, 7) is 0. The number of fused-ring (bicyclic) bond motifs is 2. The summed E-state index contributed by atoms with van der Waals surface area (Å²) in [5.74, 6) is 0. The highest BCUT2D eigenvalue weighted by atomic mass is 32.1. The molecule has 0 aliphatic heterocycles. The van der Waals surface area contributed by atoms with E-state index < -0.39 is 0 Å². The molecule has 34 heavy (non-hydrogen) atoms. The molecule has 0 atom stereocenters. The first-order chi connectivity index (χ1) is 16.7. The third kappa shape index (κ3) is 4.17. The van der Waals surface area contributed by atoms with Gasteiger partial charge in [0.2, 0.25) is 0 Å². The van der Waals surface area contributed by atoms with Crippen molar-refractivity contribution in [1.29, 1.82) is 0 Å². The van der Waals surface area contributed by atoms with E-state index in [0.29, 0.717) is 5.11 Å². The van der Waals surface area contributed by atoms with Crippen LogP contribution in [0.5, 0.6) is 0 Å². The van der Waals surface area contributed by atoms with Gasteiger partial charge >= 0.3 is 0 Å². The number of nitrogens with zero attached hydrogens (tertiary/aromatic N) is 2. The van der Waals surface area contributed by atoms with Crippen LogP contribution in [0.2, 0.25) is 0 Å². The second-order valence-electron chi connectivity index (χ2n) is 7.72. The van der Waals surface area contributed by atoms with Crippen molar-refractivity contribution >= 4 is 73.2 Å². The lowest BCUT2D eigenvalue weighted by molar-refractivity contribution is 1.31. The van der Waals surface area contributed by atoms with Gasteiger partial charge in [-0.05, 0) is 76.2 Å². The molecular weight excluding hydrogens is 477 g/mol. The molecule has 0 saturated carbocycles. The zero-order valence-corrected chi connectivity index (χ0v) is 20.3. The van der Waals surface area contributed by atoms with Gasteiger partial charge in [0.15, 0.2) is 5.11 Å². The molecule has 0 spiro atoms. The monoisotopic (exact) mass is 494 g/mol. The molecule has 3 aromatic heterocycles. The zero-order chi connectivity index (χ0) is 22.9. The summed E-state index contributed by atoms with van der Waals surface area (Å²) in [6, 6.07) is 28.7. The van der Waals surface area contributed by atoms with Crippen LogP contribution in [0.4, 0.5) is 11.4 Å². The number of thiocarbonyl (C=S) groups is 1. The summed E-state index contributed by atoms with van der Waals surface area (Å²) in [5, 5.41) is 13.6. The van der Waals surface area contributed by atoms with Crippen LogP contribution in [0.1, 0.15) is 0 Å². The quantitative estimate of drug-likeness (QED) is 0.243. The molecular formula is C27H18N4S3. The fourth-order valence-electron chi connectivity index (χ4n) is 3.86. The molecule has 3 aromatic carbocycles. The lowest BCUT2D eigenvalue weighted by Gasteiger charge is -2.12. The maximum absolute atomic E-state index is 5.57. The maximum Gasteiger partial charge on any atom is 0.175 e. The fraction of sp³-hybridized carbons (Fsp3) is 0. The molecule has 3 heterocycles. The number of nitrogens with one attached hydrogen (secondary N) is 2. The summed E-state index contributed by atoms with van der Waals surface area (Å²) in [4.78, 5) is 12.2. The molecule has 0 aliphatic carbocycles. The van der Waals surface area contributed by atoms with Crippen molar-refractivity contribution in [3.05, 3.63) is 95.7 Å². The van der Waals surface area contributed by atoms with Crippen LogP contribution in [0.15, 0.2) is 95.7 Å². The number of aromatic nitrogens is 2. The van der Waals surface area contributed by atoms with E-state index in [1.165, 1.54) is 10.8 Å². The predicted octanol–water partition coefficient (Wildman–Crippen LogP) is 8.05. The summed E-state index contributed by atoms with van der Waals surface area (Å²) >= 11 is 8.92. The second-order valence-corrected chi connectivity index (χ2v) is 10.0. The fourth-order valence-corrected chi connectivity index (χ4v) is 5.53. The number of rotatable bonds is 4. The van der Waals surface area contributed by atoms with E-state index in [1.54, 1.807) is 22.7 Å². The Labute approximate surface area is 210 Å². The van der Waals surface area contributed by atoms with Crippen LogP contribution in [0.25, 0.3) is 42.9 Å². The number of benzene rings is 3. The highest BCUT2D eigenvalue weighted by Gasteiger charge is 2.15. The van der Waals surface area contributed by atoms with Crippen molar-refractivity contribution in [3.63, 3.8) is 0 Å². The highest BCUT2D eigenvalue weighted by molar-refractivity contribution is 7.80. The van der Waals surface area contributed by atoms with Crippen LogP contribution in [0, 0.1) is 0 Å².